The second-order valence-electron chi connectivity index (χ2n) is 12.6. The van der Waals surface area contributed by atoms with E-state index in [0.717, 1.165) is 104 Å². The van der Waals surface area contributed by atoms with Gasteiger partial charge in [-0.1, -0.05) is 60.7 Å². The standard InChI is InChI=1S/C34H48N4O2/c1-29(39)37-21-9-19-35-25-17-34(18-26-35,32-13-7-4-8-14-32)28-38(30(2)40)22-10-20-36-23-15-33(27-37,16-24-36)31-11-5-3-6-12-31/h3-8,11-14H,9-10,15-28H2,1-2H3. The molecule has 6 aliphatic heterocycles. The first-order valence-electron chi connectivity index (χ1n) is 15.5. The minimum atomic E-state index is 0.000692. The van der Waals surface area contributed by atoms with Crippen LogP contribution in [0.1, 0.15) is 63.5 Å². The van der Waals surface area contributed by atoms with Gasteiger partial charge in [-0.05, 0) is 88.9 Å². The highest BCUT2D eigenvalue weighted by Gasteiger charge is 2.40. The van der Waals surface area contributed by atoms with Gasteiger partial charge in [0.2, 0.25) is 11.8 Å². The van der Waals surface area contributed by atoms with Gasteiger partial charge in [0.25, 0.3) is 0 Å². The van der Waals surface area contributed by atoms with Gasteiger partial charge in [0, 0.05) is 50.9 Å². The molecule has 2 amide bonds. The van der Waals surface area contributed by atoms with Crippen molar-refractivity contribution in [2.24, 2.45) is 0 Å². The van der Waals surface area contributed by atoms with E-state index in [9.17, 15) is 9.59 Å². The Morgan fingerprint density at radius 3 is 1.20 bits per heavy atom. The Morgan fingerprint density at radius 1 is 0.525 bits per heavy atom. The molecular formula is C34H48N4O2. The minimum Gasteiger partial charge on any atom is -0.342 e. The molecule has 0 N–H and O–H groups in total. The van der Waals surface area contributed by atoms with Crippen LogP contribution in [0.2, 0.25) is 0 Å². The van der Waals surface area contributed by atoms with Crippen molar-refractivity contribution in [1.29, 1.82) is 0 Å². The maximum Gasteiger partial charge on any atom is 0.219 e. The smallest absolute Gasteiger partial charge is 0.219 e. The molecule has 0 atom stereocenters. The van der Waals surface area contributed by atoms with Gasteiger partial charge in [-0.25, -0.2) is 0 Å². The molecule has 0 unspecified atom stereocenters. The molecule has 6 nitrogen and oxygen atoms in total. The zero-order valence-corrected chi connectivity index (χ0v) is 24.7. The van der Waals surface area contributed by atoms with E-state index in [-0.39, 0.29) is 22.6 Å². The molecule has 6 fully saturated rings. The average molecular weight is 545 g/mol. The Morgan fingerprint density at radius 2 is 0.875 bits per heavy atom. The second-order valence-corrected chi connectivity index (χ2v) is 12.6. The number of benzene rings is 2. The van der Waals surface area contributed by atoms with E-state index < -0.39 is 0 Å². The van der Waals surface area contributed by atoms with Crippen molar-refractivity contribution in [3.8, 4) is 0 Å². The van der Waals surface area contributed by atoms with Gasteiger partial charge >= 0.3 is 0 Å². The van der Waals surface area contributed by atoms with Crippen LogP contribution in [0, 0.1) is 0 Å². The van der Waals surface area contributed by atoms with Crippen LogP contribution >= 0.6 is 0 Å². The van der Waals surface area contributed by atoms with Crippen LogP contribution in [0.3, 0.4) is 0 Å². The topological polar surface area (TPSA) is 47.1 Å². The molecule has 6 aliphatic rings. The molecule has 0 saturated carbocycles. The summed E-state index contributed by atoms with van der Waals surface area (Å²) in [5, 5.41) is 0. The Hall–Kier alpha value is -2.70. The summed E-state index contributed by atoms with van der Waals surface area (Å²) >= 11 is 0. The van der Waals surface area contributed by atoms with Crippen LogP contribution in [0.5, 0.6) is 0 Å². The summed E-state index contributed by atoms with van der Waals surface area (Å²) in [6.45, 7) is 12.9. The summed E-state index contributed by atoms with van der Waals surface area (Å²) in [7, 11) is 0. The number of piperidine rings is 2. The van der Waals surface area contributed by atoms with Crippen LogP contribution in [-0.2, 0) is 20.4 Å². The fourth-order valence-electron chi connectivity index (χ4n) is 7.47. The normalized spacial score (nSPS) is 30.4. The molecule has 0 aromatic heterocycles. The lowest BCUT2D eigenvalue weighted by atomic mass is 9.72. The Bertz CT molecular complexity index is 1020. The van der Waals surface area contributed by atoms with E-state index in [1.54, 1.807) is 13.8 Å². The van der Waals surface area contributed by atoms with Gasteiger partial charge in [0.15, 0.2) is 0 Å². The van der Waals surface area contributed by atoms with Gasteiger partial charge < -0.3 is 19.6 Å². The van der Waals surface area contributed by atoms with E-state index in [0.29, 0.717) is 0 Å². The maximum absolute atomic E-state index is 12.9. The first kappa shape index (κ1) is 28.8. The van der Waals surface area contributed by atoms with Crippen molar-refractivity contribution in [2.75, 3.05) is 65.4 Å². The number of amides is 2. The predicted molar refractivity (Wildman–Crippen MR) is 161 cm³/mol. The van der Waals surface area contributed by atoms with Gasteiger partial charge in [-0.15, -0.1) is 0 Å². The van der Waals surface area contributed by atoms with E-state index in [2.05, 4.69) is 80.3 Å². The van der Waals surface area contributed by atoms with Crippen molar-refractivity contribution in [3.63, 3.8) is 0 Å². The number of carbonyl (C=O) groups excluding carboxylic acids is 2. The third kappa shape index (κ3) is 6.60. The summed E-state index contributed by atoms with van der Waals surface area (Å²) in [4.78, 5) is 35.2. The van der Waals surface area contributed by atoms with Gasteiger partial charge in [0.05, 0.1) is 0 Å². The highest BCUT2D eigenvalue weighted by Crippen LogP contribution is 2.38. The van der Waals surface area contributed by atoms with Crippen LogP contribution < -0.4 is 0 Å². The fourth-order valence-corrected chi connectivity index (χ4v) is 7.47. The Balaban J connectivity index is 1.38. The summed E-state index contributed by atoms with van der Waals surface area (Å²) in [6.07, 6.45) is 6.21. The highest BCUT2D eigenvalue weighted by atomic mass is 16.2. The fraction of sp³-hybridized carbons (Fsp3) is 0.588. The molecule has 6 saturated heterocycles. The zero-order valence-electron chi connectivity index (χ0n) is 24.7. The van der Waals surface area contributed by atoms with Crippen molar-refractivity contribution < 1.29 is 9.59 Å². The molecule has 0 aliphatic carbocycles. The zero-order chi connectivity index (χ0) is 28.0. The van der Waals surface area contributed by atoms with Crippen molar-refractivity contribution in [2.45, 2.75) is 63.2 Å². The van der Waals surface area contributed by atoms with Crippen LogP contribution in [0.15, 0.2) is 60.7 Å². The largest absolute Gasteiger partial charge is 0.342 e. The molecule has 0 spiro atoms. The van der Waals surface area contributed by atoms with E-state index >= 15 is 0 Å². The van der Waals surface area contributed by atoms with Gasteiger partial charge in [0.1, 0.15) is 0 Å². The molecule has 6 heteroatoms. The van der Waals surface area contributed by atoms with Crippen LogP contribution in [0.25, 0.3) is 0 Å². The summed E-state index contributed by atoms with van der Waals surface area (Å²) in [5.41, 5.74) is 2.74. The quantitative estimate of drug-likeness (QED) is 0.557. The Labute approximate surface area is 241 Å². The highest BCUT2D eigenvalue weighted by molar-refractivity contribution is 5.73. The van der Waals surface area contributed by atoms with Crippen LogP contribution in [0.4, 0.5) is 0 Å². The number of rotatable bonds is 2. The third-order valence-electron chi connectivity index (χ3n) is 10.1. The Kier molecular flexibility index (Phi) is 9.27. The van der Waals surface area contributed by atoms with E-state index in [1.807, 2.05) is 0 Å². The molecular weight excluding hydrogens is 496 g/mol. The molecule has 2 aromatic carbocycles. The minimum absolute atomic E-state index is 0.000692. The molecule has 4 bridgehead atoms. The lowest BCUT2D eigenvalue weighted by Gasteiger charge is -2.46. The predicted octanol–water partition coefficient (Wildman–Crippen LogP) is 4.54. The number of nitrogens with zero attached hydrogens (tertiary/aromatic N) is 4. The second kappa shape index (κ2) is 12.9. The number of carbonyl (C=O) groups is 2. The van der Waals surface area contributed by atoms with Gasteiger partial charge in [-0.3, -0.25) is 9.59 Å². The summed E-state index contributed by atoms with van der Waals surface area (Å²) < 4.78 is 0. The molecule has 40 heavy (non-hydrogen) atoms. The summed E-state index contributed by atoms with van der Waals surface area (Å²) in [5.74, 6) is 0.386. The first-order valence-corrected chi connectivity index (χ1v) is 15.5. The molecule has 216 valence electrons. The lowest BCUT2D eigenvalue weighted by Crippen LogP contribution is -2.52. The van der Waals surface area contributed by atoms with Crippen LogP contribution in [-0.4, -0.2) is 96.9 Å². The molecule has 2 aromatic rings. The monoisotopic (exact) mass is 544 g/mol. The van der Waals surface area contributed by atoms with Crippen molar-refractivity contribution in [3.05, 3.63) is 71.8 Å². The van der Waals surface area contributed by atoms with E-state index in [1.165, 1.54) is 11.1 Å². The number of hydrogen-bond acceptors (Lipinski definition) is 4. The SMILES string of the molecule is CC(=O)N1CCCN2CCC(c3ccccc3)(CC2)CN(C(C)=O)CCCN2CCC(c3ccccc3)(CC2)C1. The third-order valence-corrected chi connectivity index (χ3v) is 10.1. The molecule has 8 rings (SSSR count). The average Bonchev–Trinajstić information content (AvgIpc) is 2.98. The molecule has 0 radical (unpaired) electrons. The van der Waals surface area contributed by atoms with Gasteiger partial charge in [-0.2, -0.15) is 0 Å². The molecule has 6 heterocycles. The number of hydrogen-bond donors (Lipinski definition) is 0. The van der Waals surface area contributed by atoms with Crippen molar-refractivity contribution >= 4 is 11.8 Å². The first-order chi connectivity index (χ1) is 19.4. The summed E-state index contributed by atoms with van der Waals surface area (Å²) in [6, 6.07) is 21.8. The van der Waals surface area contributed by atoms with E-state index in [4.69, 9.17) is 0 Å². The van der Waals surface area contributed by atoms with Crippen molar-refractivity contribution in [1.82, 2.24) is 19.6 Å². The lowest BCUT2D eigenvalue weighted by molar-refractivity contribution is -0.131. The maximum atomic E-state index is 12.9.